The van der Waals surface area contributed by atoms with Gasteiger partial charge in [0, 0.05) is 0 Å². The Kier molecular flexibility index (Phi) is 3.34. The van der Waals surface area contributed by atoms with E-state index in [2.05, 4.69) is 0 Å². The van der Waals surface area contributed by atoms with Gasteiger partial charge in [0.25, 0.3) is 0 Å². The second-order valence-corrected chi connectivity index (χ2v) is 2.44. The Labute approximate surface area is 71.7 Å². The van der Waals surface area contributed by atoms with Crippen LogP contribution < -0.4 is 0 Å². The summed E-state index contributed by atoms with van der Waals surface area (Å²) < 4.78 is 104. The monoisotopic (exact) mass is 234 g/mol. The molecular weight excluding hydrogens is 231 g/mol. The molecule has 0 aromatic heterocycles. The Hall–Kier alpha value is -0.630. The third kappa shape index (κ3) is 2.95. The molecule has 0 amide bonds. The predicted octanol–water partition coefficient (Wildman–Crippen LogP) is 3.47. The van der Waals surface area contributed by atoms with Gasteiger partial charge in [-0.05, 0) is 0 Å². The van der Waals surface area contributed by atoms with E-state index in [1.807, 2.05) is 0 Å². The first-order valence-corrected chi connectivity index (χ1v) is 3.01. The summed E-state index contributed by atoms with van der Waals surface area (Å²) in [6.45, 7) is 0. The van der Waals surface area contributed by atoms with Gasteiger partial charge in [-0.15, -0.1) is 0 Å². The largest absolute Gasteiger partial charge is 0.453 e. The molecule has 0 rings (SSSR count). The molecule has 86 valence electrons. The van der Waals surface area contributed by atoms with E-state index < -0.39 is 30.9 Å². The van der Waals surface area contributed by atoms with Crippen molar-refractivity contribution in [2.24, 2.45) is 0 Å². The first-order chi connectivity index (χ1) is 5.90. The Morgan fingerprint density at radius 3 is 1.36 bits per heavy atom. The van der Waals surface area contributed by atoms with E-state index in [-0.39, 0.29) is 0 Å². The molecular formula is C5H3F9. The Morgan fingerprint density at radius 2 is 1.14 bits per heavy atom. The van der Waals surface area contributed by atoms with E-state index in [9.17, 15) is 39.5 Å². The standard InChI is InChI=1S/C5H3F9/c6-2(7)3(8,9)1-4(10,11)5(12,13)14/h2H,1H2. The van der Waals surface area contributed by atoms with Crippen molar-refractivity contribution in [3.63, 3.8) is 0 Å². The van der Waals surface area contributed by atoms with Crippen molar-refractivity contribution in [3.8, 4) is 0 Å². The number of halogens is 9. The summed E-state index contributed by atoms with van der Waals surface area (Å²) in [7, 11) is 0. The number of rotatable bonds is 3. The molecule has 0 fully saturated rings. The summed E-state index contributed by atoms with van der Waals surface area (Å²) in [4.78, 5) is 0. The van der Waals surface area contributed by atoms with Gasteiger partial charge >= 0.3 is 24.4 Å². The molecule has 0 aromatic carbocycles. The fourth-order valence-corrected chi connectivity index (χ4v) is 0.473. The Bertz CT molecular complexity index is 190. The fraction of sp³-hybridized carbons (Fsp3) is 1.00. The quantitative estimate of drug-likeness (QED) is 0.656. The van der Waals surface area contributed by atoms with Crippen molar-refractivity contribution in [1.82, 2.24) is 0 Å². The minimum Gasteiger partial charge on any atom is -0.204 e. The van der Waals surface area contributed by atoms with Crippen LogP contribution in [0.4, 0.5) is 39.5 Å². The lowest BCUT2D eigenvalue weighted by molar-refractivity contribution is -0.308. The lowest BCUT2D eigenvalue weighted by Crippen LogP contribution is -2.44. The van der Waals surface area contributed by atoms with Crippen molar-refractivity contribution in [3.05, 3.63) is 0 Å². The molecule has 0 nitrogen and oxygen atoms in total. The van der Waals surface area contributed by atoms with Crippen LogP contribution >= 0.6 is 0 Å². The summed E-state index contributed by atoms with van der Waals surface area (Å²) in [6, 6.07) is 0. The number of hydrogen-bond acceptors (Lipinski definition) is 0. The lowest BCUT2D eigenvalue weighted by atomic mass is 10.1. The first-order valence-electron chi connectivity index (χ1n) is 3.01. The molecule has 14 heavy (non-hydrogen) atoms. The maximum absolute atomic E-state index is 11.8. The van der Waals surface area contributed by atoms with E-state index in [1.165, 1.54) is 0 Å². The molecule has 0 saturated carbocycles. The van der Waals surface area contributed by atoms with Crippen LogP contribution in [0.5, 0.6) is 0 Å². The van der Waals surface area contributed by atoms with E-state index in [1.54, 1.807) is 0 Å². The predicted molar refractivity (Wildman–Crippen MR) is 26.6 cm³/mol. The first kappa shape index (κ1) is 13.4. The maximum Gasteiger partial charge on any atom is 0.453 e. The van der Waals surface area contributed by atoms with E-state index >= 15 is 0 Å². The highest BCUT2D eigenvalue weighted by Gasteiger charge is 2.63. The summed E-state index contributed by atoms with van der Waals surface area (Å²) in [5.74, 6) is -11.2. The van der Waals surface area contributed by atoms with Gasteiger partial charge in [0.2, 0.25) is 0 Å². The van der Waals surface area contributed by atoms with Gasteiger partial charge < -0.3 is 0 Å². The second-order valence-electron chi connectivity index (χ2n) is 2.44. The molecule has 0 radical (unpaired) electrons. The van der Waals surface area contributed by atoms with Gasteiger partial charge in [-0.2, -0.15) is 22.0 Å². The molecule has 0 saturated heterocycles. The molecule has 0 aliphatic carbocycles. The van der Waals surface area contributed by atoms with E-state index in [0.717, 1.165) is 0 Å². The molecule has 0 unspecified atom stereocenters. The summed E-state index contributed by atoms with van der Waals surface area (Å²) in [6.07, 6.45) is -14.1. The third-order valence-corrected chi connectivity index (χ3v) is 1.19. The van der Waals surface area contributed by atoms with Gasteiger partial charge in [-0.1, -0.05) is 0 Å². The van der Waals surface area contributed by atoms with Gasteiger partial charge in [0.15, 0.2) is 0 Å². The highest BCUT2D eigenvalue weighted by Crippen LogP contribution is 2.44. The van der Waals surface area contributed by atoms with E-state index in [0.29, 0.717) is 0 Å². The van der Waals surface area contributed by atoms with Crippen LogP contribution in [0.2, 0.25) is 0 Å². The Balaban J connectivity index is 4.67. The highest BCUT2D eigenvalue weighted by atomic mass is 19.4. The molecule has 0 aliphatic heterocycles. The van der Waals surface area contributed by atoms with Crippen LogP contribution in [0.1, 0.15) is 6.42 Å². The molecule has 0 spiro atoms. The maximum atomic E-state index is 11.8. The molecule has 0 aliphatic rings. The lowest BCUT2D eigenvalue weighted by Gasteiger charge is -2.24. The van der Waals surface area contributed by atoms with Gasteiger partial charge in [0.05, 0.1) is 6.42 Å². The third-order valence-electron chi connectivity index (χ3n) is 1.19. The van der Waals surface area contributed by atoms with Crippen LogP contribution in [0.3, 0.4) is 0 Å². The van der Waals surface area contributed by atoms with Crippen LogP contribution in [0, 0.1) is 0 Å². The van der Waals surface area contributed by atoms with Crippen LogP contribution in [0.25, 0.3) is 0 Å². The normalized spacial score (nSPS) is 15.0. The molecule has 0 N–H and O–H groups in total. The van der Waals surface area contributed by atoms with Crippen LogP contribution in [0.15, 0.2) is 0 Å². The van der Waals surface area contributed by atoms with Crippen LogP contribution in [-0.4, -0.2) is 24.4 Å². The second kappa shape index (κ2) is 3.50. The fourth-order valence-electron chi connectivity index (χ4n) is 0.473. The molecule has 0 heterocycles. The molecule has 0 bridgehead atoms. The minimum absolute atomic E-state index is 3.25. The van der Waals surface area contributed by atoms with Crippen molar-refractivity contribution >= 4 is 0 Å². The van der Waals surface area contributed by atoms with E-state index in [4.69, 9.17) is 0 Å². The zero-order valence-electron chi connectivity index (χ0n) is 6.19. The van der Waals surface area contributed by atoms with Crippen molar-refractivity contribution in [2.45, 2.75) is 30.9 Å². The van der Waals surface area contributed by atoms with Gasteiger partial charge in [0.1, 0.15) is 0 Å². The zero-order chi connectivity index (χ0) is 11.8. The topological polar surface area (TPSA) is 0 Å². The number of hydrogen-bond donors (Lipinski definition) is 0. The average Bonchev–Trinajstić information content (AvgIpc) is 1.80. The Morgan fingerprint density at radius 1 is 0.786 bits per heavy atom. The molecule has 0 aromatic rings. The molecule has 0 atom stereocenters. The SMILES string of the molecule is FC(F)C(F)(F)CC(F)(F)C(F)(F)F. The zero-order valence-corrected chi connectivity index (χ0v) is 6.19. The summed E-state index contributed by atoms with van der Waals surface area (Å²) >= 11 is 0. The van der Waals surface area contributed by atoms with Crippen molar-refractivity contribution in [1.29, 1.82) is 0 Å². The highest BCUT2D eigenvalue weighted by molar-refractivity contribution is 4.84. The molecule has 9 heteroatoms. The minimum atomic E-state index is -6.26. The summed E-state index contributed by atoms with van der Waals surface area (Å²) in [5, 5.41) is 0. The van der Waals surface area contributed by atoms with Gasteiger partial charge in [-0.25, -0.2) is 17.6 Å². The summed E-state index contributed by atoms with van der Waals surface area (Å²) in [5.41, 5.74) is 0. The van der Waals surface area contributed by atoms with Gasteiger partial charge in [-0.3, -0.25) is 0 Å². The van der Waals surface area contributed by atoms with Crippen molar-refractivity contribution in [2.75, 3.05) is 0 Å². The van der Waals surface area contributed by atoms with Crippen molar-refractivity contribution < 1.29 is 39.5 Å². The van der Waals surface area contributed by atoms with Crippen LogP contribution in [-0.2, 0) is 0 Å². The smallest absolute Gasteiger partial charge is 0.204 e. The number of alkyl halides is 9. The average molecular weight is 234 g/mol.